The summed E-state index contributed by atoms with van der Waals surface area (Å²) in [4.78, 5) is 0. The number of hydrogen-bond acceptors (Lipinski definition) is 2. The molecule has 0 aromatic heterocycles. The van der Waals surface area contributed by atoms with Crippen LogP contribution in [0, 0.1) is 0 Å². The highest BCUT2D eigenvalue weighted by atomic mass is 19.4. The summed E-state index contributed by atoms with van der Waals surface area (Å²) in [5.74, 6) is 0. The van der Waals surface area contributed by atoms with Crippen LogP contribution in [-0.4, -0.2) is 17.9 Å². The van der Waals surface area contributed by atoms with Crippen LogP contribution in [0.2, 0.25) is 0 Å². The summed E-state index contributed by atoms with van der Waals surface area (Å²) in [6.45, 7) is -0.846. The van der Waals surface area contributed by atoms with E-state index in [1.54, 1.807) is 36.4 Å². The molecule has 0 aliphatic carbocycles. The molecule has 21 heavy (non-hydrogen) atoms. The minimum absolute atomic E-state index is 0.00602. The molecule has 1 unspecified atom stereocenters. The number of rotatable bonds is 5. The molecule has 0 fully saturated rings. The van der Waals surface area contributed by atoms with E-state index in [0.717, 1.165) is 5.56 Å². The van der Waals surface area contributed by atoms with Crippen LogP contribution in [0.5, 0.6) is 0 Å². The molecule has 0 radical (unpaired) electrons. The summed E-state index contributed by atoms with van der Waals surface area (Å²) < 4.78 is 44.7. The van der Waals surface area contributed by atoms with Crippen molar-refractivity contribution in [2.45, 2.75) is 18.4 Å². The number of alkyl halides is 3. The zero-order valence-electron chi connectivity index (χ0n) is 11.2. The smallest absolute Gasteiger partial charge is 0.375 e. The number of halogens is 3. The van der Waals surface area contributed by atoms with E-state index >= 15 is 0 Å². The highest BCUT2D eigenvalue weighted by Gasteiger charge is 2.55. The van der Waals surface area contributed by atoms with E-state index in [9.17, 15) is 18.3 Å². The standard InChI is InChI=1S/C16H15F3O2/c17-16(18,19)15(20,14-9-5-2-6-10-14)12-21-11-13-7-3-1-4-8-13/h1-10,20H,11-12H2. The second-order valence-corrected chi connectivity index (χ2v) is 4.70. The largest absolute Gasteiger partial charge is 0.423 e. The lowest BCUT2D eigenvalue weighted by Crippen LogP contribution is -2.46. The molecule has 1 atom stereocenters. The van der Waals surface area contributed by atoms with Gasteiger partial charge in [-0.15, -0.1) is 0 Å². The minimum Gasteiger partial charge on any atom is -0.375 e. The number of hydrogen-bond donors (Lipinski definition) is 1. The fourth-order valence-electron chi connectivity index (χ4n) is 1.93. The molecule has 2 rings (SSSR count). The summed E-state index contributed by atoms with van der Waals surface area (Å²) in [7, 11) is 0. The first kappa shape index (κ1) is 15.5. The Hall–Kier alpha value is -1.85. The molecule has 0 aliphatic heterocycles. The van der Waals surface area contributed by atoms with Crippen molar-refractivity contribution < 1.29 is 23.0 Å². The Balaban J connectivity index is 2.11. The van der Waals surface area contributed by atoms with E-state index in [-0.39, 0.29) is 12.2 Å². The van der Waals surface area contributed by atoms with Crippen molar-refractivity contribution in [3.8, 4) is 0 Å². The Morgan fingerprint density at radius 1 is 0.857 bits per heavy atom. The van der Waals surface area contributed by atoms with Crippen molar-refractivity contribution in [1.82, 2.24) is 0 Å². The lowest BCUT2D eigenvalue weighted by atomic mass is 9.94. The fraction of sp³-hybridized carbons (Fsp3) is 0.250. The molecule has 2 aromatic carbocycles. The Labute approximate surface area is 120 Å². The fourth-order valence-corrected chi connectivity index (χ4v) is 1.93. The van der Waals surface area contributed by atoms with Gasteiger partial charge in [-0.25, -0.2) is 0 Å². The average molecular weight is 296 g/mol. The van der Waals surface area contributed by atoms with Gasteiger partial charge in [-0.2, -0.15) is 13.2 Å². The van der Waals surface area contributed by atoms with Crippen molar-refractivity contribution in [3.63, 3.8) is 0 Å². The van der Waals surface area contributed by atoms with Gasteiger partial charge in [0.1, 0.15) is 0 Å². The topological polar surface area (TPSA) is 29.5 Å². The first-order valence-electron chi connectivity index (χ1n) is 6.40. The molecule has 0 saturated carbocycles. The van der Waals surface area contributed by atoms with Crippen LogP contribution >= 0.6 is 0 Å². The summed E-state index contributed by atoms with van der Waals surface area (Å²) in [6, 6.07) is 15.8. The molecule has 1 N–H and O–H groups in total. The van der Waals surface area contributed by atoms with Crippen molar-refractivity contribution >= 4 is 0 Å². The molecule has 2 aromatic rings. The number of aliphatic hydroxyl groups is 1. The van der Waals surface area contributed by atoms with Crippen LogP contribution < -0.4 is 0 Å². The van der Waals surface area contributed by atoms with Crippen LogP contribution in [0.3, 0.4) is 0 Å². The molecule has 5 heteroatoms. The van der Waals surface area contributed by atoms with Crippen molar-refractivity contribution in [1.29, 1.82) is 0 Å². The SMILES string of the molecule is OC(COCc1ccccc1)(c1ccccc1)C(F)(F)F. The predicted molar refractivity (Wildman–Crippen MR) is 72.5 cm³/mol. The van der Waals surface area contributed by atoms with Crippen LogP contribution in [0.4, 0.5) is 13.2 Å². The van der Waals surface area contributed by atoms with E-state index in [0.29, 0.717) is 0 Å². The monoisotopic (exact) mass is 296 g/mol. The molecule has 0 saturated heterocycles. The van der Waals surface area contributed by atoms with E-state index in [4.69, 9.17) is 4.74 Å². The highest BCUT2D eigenvalue weighted by molar-refractivity contribution is 5.24. The average Bonchev–Trinajstić information content (AvgIpc) is 2.48. The van der Waals surface area contributed by atoms with Gasteiger partial charge >= 0.3 is 6.18 Å². The second kappa shape index (κ2) is 6.28. The molecule has 2 nitrogen and oxygen atoms in total. The number of ether oxygens (including phenoxy) is 1. The van der Waals surface area contributed by atoms with Crippen LogP contribution in [-0.2, 0) is 16.9 Å². The zero-order valence-corrected chi connectivity index (χ0v) is 11.2. The molecule has 0 bridgehead atoms. The molecular formula is C16H15F3O2. The molecule has 112 valence electrons. The third-order valence-electron chi connectivity index (χ3n) is 3.14. The van der Waals surface area contributed by atoms with Crippen molar-refractivity contribution in [2.75, 3.05) is 6.61 Å². The van der Waals surface area contributed by atoms with Gasteiger partial charge in [0, 0.05) is 0 Å². The van der Waals surface area contributed by atoms with Gasteiger partial charge in [0.25, 0.3) is 0 Å². The normalized spacial score (nSPS) is 14.7. The predicted octanol–water partition coefficient (Wildman–Crippen LogP) is 3.65. The molecule has 0 amide bonds. The van der Waals surface area contributed by atoms with Crippen LogP contribution in [0.1, 0.15) is 11.1 Å². The second-order valence-electron chi connectivity index (χ2n) is 4.70. The maximum absolute atomic E-state index is 13.2. The molecular weight excluding hydrogens is 281 g/mol. The summed E-state index contributed by atoms with van der Waals surface area (Å²) in [5, 5.41) is 10.0. The van der Waals surface area contributed by atoms with Crippen LogP contribution in [0.25, 0.3) is 0 Å². The lowest BCUT2D eigenvalue weighted by molar-refractivity contribution is -0.283. The Kier molecular flexibility index (Phi) is 4.65. The first-order chi connectivity index (χ1) is 9.93. The van der Waals surface area contributed by atoms with E-state index in [1.165, 1.54) is 24.3 Å². The van der Waals surface area contributed by atoms with Gasteiger partial charge in [0.05, 0.1) is 13.2 Å². The van der Waals surface area contributed by atoms with E-state index < -0.39 is 18.4 Å². The van der Waals surface area contributed by atoms with Gasteiger partial charge in [-0.3, -0.25) is 0 Å². The molecule has 0 aliphatic rings. The van der Waals surface area contributed by atoms with Gasteiger partial charge < -0.3 is 9.84 Å². The maximum atomic E-state index is 13.2. The van der Waals surface area contributed by atoms with Gasteiger partial charge in [0.2, 0.25) is 5.60 Å². The summed E-state index contributed by atoms with van der Waals surface area (Å²) in [6.07, 6.45) is -4.81. The van der Waals surface area contributed by atoms with Gasteiger partial charge in [-0.05, 0) is 11.1 Å². The quantitative estimate of drug-likeness (QED) is 0.912. The van der Waals surface area contributed by atoms with E-state index in [2.05, 4.69) is 0 Å². The third-order valence-corrected chi connectivity index (χ3v) is 3.14. The highest BCUT2D eigenvalue weighted by Crippen LogP contribution is 2.39. The van der Waals surface area contributed by atoms with Crippen LogP contribution in [0.15, 0.2) is 60.7 Å². The third kappa shape index (κ3) is 3.62. The summed E-state index contributed by atoms with van der Waals surface area (Å²) >= 11 is 0. The van der Waals surface area contributed by atoms with Crippen molar-refractivity contribution in [2.24, 2.45) is 0 Å². The Morgan fingerprint density at radius 2 is 1.38 bits per heavy atom. The number of benzene rings is 2. The molecule has 0 spiro atoms. The lowest BCUT2D eigenvalue weighted by Gasteiger charge is -2.30. The van der Waals surface area contributed by atoms with E-state index in [1.807, 2.05) is 0 Å². The summed E-state index contributed by atoms with van der Waals surface area (Å²) in [5.41, 5.74) is -2.50. The Morgan fingerprint density at radius 3 is 1.90 bits per heavy atom. The van der Waals surface area contributed by atoms with Crippen molar-refractivity contribution in [3.05, 3.63) is 71.8 Å². The molecule has 0 heterocycles. The Bertz CT molecular complexity index is 555. The first-order valence-corrected chi connectivity index (χ1v) is 6.40. The minimum atomic E-state index is -4.81. The maximum Gasteiger partial charge on any atom is 0.423 e. The zero-order chi connectivity index (χ0) is 15.3. The van der Waals surface area contributed by atoms with Gasteiger partial charge in [0.15, 0.2) is 0 Å². The van der Waals surface area contributed by atoms with Gasteiger partial charge in [-0.1, -0.05) is 60.7 Å².